The molecule has 2 aromatic heterocycles. The van der Waals surface area contributed by atoms with Crippen molar-refractivity contribution in [2.24, 2.45) is 0 Å². The molecule has 0 bridgehead atoms. The van der Waals surface area contributed by atoms with Gasteiger partial charge in [0, 0.05) is 17.6 Å². The van der Waals surface area contributed by atoms with Crippen LogP contribution in [0.3, 0.4) is 0 Å². The van der Waals surface area contributed by atoms with Crippen LogP contribution in [0.15, 0.2) is 51.2 Å². The van der Waals surface area contributed by atoms with E-state index in [1.807, 2.05) is 0 Å². The number of pyridine rings is 1. The van der Waals surface area contributed by atoms with Crippen LogP contribution in [0.25, 0.3) is 11.0 Å². The molecule has 8 nitrogen and oxygen atoms in total. The zero-order valence-electron chi connectivity index (χ0n) is 13.5. The van der Waals surface area contributed by atoms with Gasteiger partial charge in [0.1, 0.15) is 11.0 Å². The maximum Gasteiger partial charge on any atom is 0.336 e. The van der Waals surface area contributed by atoms with E-state index >= 15 is 0 Å². The highest BCUT2D eigenvalue weighted by molar-refractivity contribution is 5.96. The van der Waals surface area contributed by atoms with Gasteiger partial charge in [0.15, 0.2) is 0 Å². The van der Waals surface area contributed by atoms with Gasteiger partial charge in [-0.1, -0.05) is 12.1 Å². The van der Waals surface area contributed by atoms with E-state index in [1.54, 1.807) is 37.4 Å². The molecule has 0 radical (unpaired) electrons. The van der Waals surface area contributed by atoms with E-state index in [2.05, 4.69) is 20.6 Å². The monoisotopic (exact) mass is 338 g/mol. The summed E-state index contributed by atoms with van der Waals surface area (Å²) in [6.45, 7) is 1.77. The number of anilines is 1. The minimum absolute atomic E-state index is 0.294. The molecule has 0 saturated carbocycles. The molecule has 0 saturated heterocycles. The third-order valence-corrected chi connectivity index (χ3v) is 4.34. The first-order chi connectivity index (χ1) is 12.1. The van der Waals surface area contributed by atoms with Gasteiger partial charge in [-0.15, -0.1) is 0 Å². The van der Waals surface area contributed by atoms with Gasteiger partial charge in [-0.05, 0) is 34.9 Å². The second-order valence-electron chi connectivity index (χ2n) is 5.70. The first-order valence-electron chi connectivity index (χ1n) is 7.60. The third-order valence-electron chi connectivity index (χ3n) is 4.34. The minimum atomic E-state index is -0.649. The molecule has 1 aliphatic heterocycles. The highest BCUT2D eigenvalue weighted by Crippen LogP contribution is 2.41. The Morgan fingerprint density at radius 2 is 2.12 bits per heavy atom. The van der Waals surface area contributed by atoms with Crippen LogP contribution in [-0.2, 0) is 9.53 Å². The molecule has 2 N–H and O–H groups in total. The normalized spacial score (nSPS) is 16.5. The molecule has 1 atom stereocenters. The van der Waals surface area contributed by atoms with Gasteiger partial charge < -0.3 is 15.0 Å². The molecule has 0 spiro atoms. The Morgan fingerprint density at radius 1 is 1.28 bits per heavy atom. The number of aromatic amines is 1. The average Bonchev–Trinajstić information content (AvgIpc) is 3.09. The van der Waals surface area contributed by atoms with Gasteiger partial charge in [-0.2, -0.15) is 0 Å². The van der Waals surface area contributed by atoms with Gasteiger partial charge in [0.05, 0.1) is 24.2 Å². The summed E-state index contributed by atoms with van der Waals surface area (Å²) in [4.78, 5) is 27.7. The van der Waals surface area contributed by atoms with E-state index in [4.69, 9.17) is 9.37 Å². The van der Waals surface area contributed by atoms with Crippen LogP contribution < -0.4 is 10.9 Å². The van der Waals surface area contributed by atoms with Crippen molar-refractivity contribution in [2.75, 3.05) is 12.4 Å². The molecule has 3 aromatic rings. The smallest absolute Gasteiger partial charge is 0.336 e. The minimum Gasteiger partial charge on any atom is -0.466 e. The number of ether oxygens (including phenoxy) is 1. The maximum atomic E-state index is 12.6. The van der Waals surface area contributed by atoms with E-state index < -0.39 is 11.9 Å². The Balaban J connectivity index is 2.07. The lowest BCUT2D eigenvalue weighted by atomic mass is 9.81. The Hall–Kier alpha value is -3.42. The number of benzene rings is 1. The summed E-state index contributed by atoms with van der Waals surface area (Å²) in [5.74, 6) is -1.17. The molecule has 1 aromatic carbocycles. The SMILES string of the molecule is COC(=O)C1=C(C)Nc2cc[nH]c(=O)c2C1c1cccc2nonc12. The number of hydrogen-bond donors (Lipinski definition) is 2. The van der Waals surface area contributed by atoms with Crippen molar-refractivity contribution in [3.63, 3.8) is 0 Å². The van der Waals surface area contributed by atoms with Crippen molar-refractivity contribution >= 4 is 22.7 Å². The van der Waals surface area contributed by atoms with Crippen LogP contribution in [-0.4, -0.2) is 28.4 Å². The number of fused-ring (bicyclic) bond motifs is 2. The van der Waals surface area contributed by atoms with Gasteiger partial charge >= 0.3 is 5.97 Å². The number of carbonyl (C=O) groups is 1. The number of esters is 1. The third kappa shape index (κ3) is 2.22. The Kier molecular flexibility index (Phi) is 3.38. The number of nitrogens with zero attached hydrogens (tertiary/aromatic N) is 2. The molecular formula is C17H14N4O4. The quantitative estimate of drug-likeness (QED) is 0.687. The number of carbonyl (C=O) groups excluding carboxylic acids is 1. The zero-order chi connectivity index (χ0) is 17.6. The van der Waals surface area contributed by atoms with E-state index in [0.29, 0.717) is 39.1 Å². The van der Waals surface area contributed by atoms with Crippen molar-refractivity contribution in [3.8, 4) is 0 Å². The van der Waals surface area contributed by atoms with Gasteiger partial charge in [-0.25, -0.2) is 9.42 Å². The summed E-state index contributed by atoms with van der Waals surface area (Å²) >= 11 is 0. The summed E-state index contributed by atoms with van der Waals surface area (Å²) in [6, 6.07) is 7.09. The molecule has 0 aliphatic carbocycles. The number of aromatic nitrogens is 3. The Labute approximate surface area is 141 Å². The first-order valence-corrected chi connectivity index (χ1v) is 7.60. The maximum absolute atomic E-state index is 12.6. The van der Waals surface area contributed by atoms with Gasteiger partial charge in [-0.3, -0.25) is 4.79 Å². The van der Waals surface area contributed by atoms with Crippen molar-refractivity contribution in [1.82, 2.24) is 15.3 Å². The molecular weight excluding hydrogens is 324 g/mol. The predicted octanol–water partition coefficient (Wildman–Crippen LogP) is 1.92. The molecule has 8 heteroatoms. The van der Waals surface area contributed by atoms with Crippen LogP contribution in [0, 0.1) is 0 Å². The lowest BCUT2D eigenvalue weighted by Gasteiger charge is -2.28. The predicted molar refractivity (Wildman–Crippen MR) is 89.0 cm³/mol. The number of nitrogens with one attached hydrogen (secondary N) is 2. The fourth-order valence-electron chi connectivity index (χ4n) is 3.27. The van der Waals surface area contributed by atoms with E-state index in [-0.39, 0.29) is 5.56 Å². The Bertz CT molecular complexity index is 1080. The van der Waals surface area contributed by atoms with Crippen molar-refractivity contribution in [3.05, 3.63) is 63.2 Å². The van der Waals surface area contributed by atoms with E-state index in [9.17, 15) is 9.59 Å². The zero-order valence-corrected chi connectivity index (χ0v) is 13.5. The number of hydrogen-bond acceptors (Lipinski definition) is 7. The second kappa shape index (κ2) is 5.59. The molecule has 1 aliphatic rings. The number of methoxy groups -OCH3 is 1. The van der Waals surface area contributed by atoms with Crippen molar-refractivity contribution in [1.29, 1.82) is 0 Å². The molecule has 4 rings (SSSR count). The number of rotatable bonds is 2. The largest absolute Gasteiger partial charge is 0.466 e. The van der Waals surface area contributed by atoms with E-state index in [1.165, 1.54) is 7.11 Å². The molecule has 1 unspecified atom stereocenters. The van der Waals surface area contributed by atoms with E-state index in [0.717, 1.165) is 0 Å². The summed E-state index contributed by atoms with van der Waals surface area (Å²) in [7, 11) is 1.31. The van der Waals surface area contributed by atoms with Crippen molar-refractivity contribution in [2.45, 2.75) is 12.8 Å². The molecule has 0 fully saturated rings. The topological polar surface area (TPSA) is 110 Å². The average molecular weight is 338 g/mol. The fourth-order valence-corrected chi connectivity index (χ4v) is 3.27. The lowest BCUT2D eigenvalue weighted by molar-refractivity contribution is -0.136. The molecule has 0 amide bonds. The van der Waals surface area contributed by atoms with Crippen LogP contribution in [0.1, 0.15) is 24.0 Å². The Morgan fingerprint density at radius 3 is 2.92 bits per heavy atom. The summed E-state index contributed by atoms with van der Waals surface area (Å²) in [5, 5.41) is 10.9. The van der Waals surface area contributed by atoms with Crippen LogP contribution in [0.2, 0.25) is 0 Å². The van der Waals surface area contributed by atoms with Crippen LogP contribution in [0.4, 0.5) is 5.69 Å². The van der Waals surface area contributed by atoms with Gasteiger partial charge in [0.2, 0.25) is 0 Å². The van der Waals surface area contributed by atoms with Crippen LogP contribution in [0.5, 0.6) is 0 Å². The number of allylic oxidation sites excluding steroid dienone is 1. The first kappa shape index (κ1) is 15.1. The molecule has 3 heterocycles. The van der Waals surface area contributed by atoms with Gasteiger partial charge in [0.25, 0.3) is 5.56 Å². The lowest BCUT2D eigenvalue weighted by Crippen LogP contribution is -2.29. The highest BCUT2D eigenvalue weighted by atomic mass is 16.6. The highest BCUT2D eigenvalue weighted by Gasteiger charge is 2.36. The van der Waals surface area contributed by atoms with Crippen LogP contribution >= 0.6 is 0 Å². The standard InChI is InChI=1S/C17H14N4O4/c1-8-12(17(23)24-2)13(14-10(19-8)6-7-18-16(14)22)9-4-3-5-11-15(9)21-25-20-11/h3-7,13,19H,1-2H3,(H,18,22). The summed E-state index contributed by atoms with van der Waals surface area (Å²) in [6.07, 6.45) is 1.56. The summed E-state index contributed by atoms with van der Waals surface area (Å²) in [5.41, 5.74) is 3.42. The second-order valence-corrected chi connectivity index (χ2v) is 5.70. The number of H-pyrrole nitrogens is 1. The fraction of sp³-hybridized carbons (Fsp3) is 0.176. The summed E-state index contributed by atoms with van der Waals surface area (Å²) < 4.78 is 9.78. The molecule has 25 heavy (non-hydrogen) atoms. The van der Waals surface area contributed by atoms with Crippen molar-refractivity contribution < 1.29 is 14.2 Å². The molecule has 126 valence electrons.